The van der Waals surface area contributed by atoms with E-state index in [0.29, 0.717) is 6.04 Å². The smallest absolute Gasteiger partial charge is 0.147 e. The Balaban J connectivity index is 1.51. The Morgan fingerprint density at radius 3 is 2.91 bits per heavy atom. The van der Waals surface area contributed by atoms with Gasteiger partial charge in [-0.3, -0.25) is 4.90 Å². The molecule has 2 fully saturated rings. The van der Waals surface area contributed by atoms with Gasteiger partial charge in [0, 0.05) is 32.3 Å². The zero-order chi connectivity index (χ0) is 15.5. The molecule has 2 aliphatic heterocycles. The van der Waals surface area contributed by atoms with Crippen LogP contribution in [-0.4, -0.2) is 70.5 Å². The summed E-state index contributed by atoms with van der Waals surface area (Å²) in [6, 6.07) is 0.629. The Morgan fingerprint density at radius 2 is 2.18 bits per heavy atom. The molecule has 2 saturated heterocycles. The summed E-state index contributed by atoms with van der Waals surface area (Å²) in [4.78, 5) is 5.05. The molecule has 0 aliphatic carbocycles. The van der Waals surface area contributed by atoms with E-state index in [4.69, 9.17) is 4.74 Å². The summed E-state index contributed by atoms with van der Waals surface area (Å²) >= 11 is 0. The number of aryl methyl sites for hydroxylation is 1. The maximum absolute atomic E-state index is 5.49. The molecule has 0 radical (unpaired) electrons. The van der Waals surface area contributed by atoms with Crippen molar-refractivity contribution in [3.8, 4) is 0 Å². The molecule has 2 unspecified atom stereocenters. The Hall–Kier alpha value is -0.980. The van der Waals surface area contributed by atoms with Gasteiger partial charge in [0.1, 0.15) is 11.6 Å². The van der Waals surface area contributed by atoms with Crippen LogP contribution in [0.4, 0.5) is 0 Å². The van der Waals surface area contributed by atoms with Crippen molar-refractivity contribution in [2.45, 2.75) is 45.8 Å². The maximum Gasteiger partial charge on any atom is 0.147 e. The number of hydrogen-bond donors (Lipinski definition) is 0. The average molecular weight is 307 g/mol. The van der Waals surface area contributed by atoms with Crippen LogP contribution in [0.2, 0.25) is 0 Å². The van der Waals surface area contributed by atoms with Gasteiger partial charge in [0.25, 0.3) is 0 Å². The molecule has 6 nitrogen and oxygen atoms in total. The quantitative estimate of drug-likeness (QED) is 0.789. The van der Waals surface area contributed by atoms with Crippen molar-refractivity contribution in [1.82, 2.24) is 24.6 Å². The van der Waals surface area contributed by atoms with E-state index in [0.717, 1.165) is 43.9 Å². The summed E-state index contributed by atoms with van der Waals surface area (Å²) in [5.41, 5.74) is 0. The Kier molecular flexibility index (Phi) is 5.10. The van der Waals surface area contributed by atoms with Gasteiger partial charge in [-0.2, -0.15) is 0 Å². The lowest BCUT2D eigenvalue weighted by Gasteiger charge is -2.25. The predicted molar refractivity (Wildman–Crippen MR) is 85.7 cm³/mol. The van der Waals surface area contributed by atoms with Gasteiger partial charge >= 0.3 is 0 Å². The highest BCUT2D eigenvalue weighted by atomic mass is 16.5. The molecule has 1 aromatic rings. The second-order valence-corrected chi connectivity index (χ2v) is 6.75. The van der Waals surface area contributed by atoms with Gasteiger partial charge in [0.2, 0.25) is 0 Å². The van der Waals surface area contributed by atoms with E-state index in [9.17, 15) is 0 Å². The third kappa shape index (κ3) is 3.50. The van der Waals surface area contributed by atoms with Crippen molar-refractivity contribution < 1.29 is 4.74 Å². The molecule has 1 aromatic heterocycles. The molecule has 3 heterocycles. The van der Waals surface area contributed by atoms with E-state index < -0.39 is 0 Å². The minimum Gasteiger partial charge on any atom is -0.381 e. The fraction of sp³-hybridized carbons (Fsp3) is 0.875. The number of ether oxygens (including phenoxy) is 1. The van der Waals surface area contributed by atoms with E-state index in [1.54, 1.807) is 0 Å². The zero-order valence-electron chi connectivity index (χ0n) is 14.2. The van der Waals surface area contributed by atoms with Crippen LogP contribution in [0.5, 0.6) is 0 Å². The summed E-state index contributed by atoms with van der Waals surface area (Å²) < 4.78 is 7.70. The SMILES string of the molecule is CCn1c(C)nnc1CN(C)C1CCN(CC2CCOC2)C1. The first-order valence-electron chi connectivity index (χ1n) is 8.56. The van der Waals surface area contributed by atoms with Gasteiger partial charge in [0.05, 0.1) is 13.2 Å². The standard InChI is InChI=1S/C16H29N5O/c1-4-21-13(2)17-18-16(21)11-19(3)15-5-7-20(10-15)9-14-6-8-22-12-14/h14-15H,4-12H2,1-3H3. The topological polar surface area (TPSA) is 46.4 Å². The fourth-order valence-electron chi connectivity index (χ4n) is 3.74. The van der Waals surface area contributed by atoms with Crippen molar-refractivity contribution in [2.24, 2.45) is 5.92 Å². The Bertz CT molecular complexity index is 483. The molecule has 6 heteroatoms. The molecule has 3 rings (SSSR count). The lowest BCUT2D eigenvalue weighted by molar-refractivity contribution is 0.168. The summed E-state index contributed by atoms with van der Waals surface area (Å²) in [5, 5.41) is 8.55. The Labute approximate surface area is 133 Å². The van der Waals surface area contributed by atoms with Gasteiger partial charge < -0.3 is 14.2 Å². The van der Waals surface area contributed by atoms with Gasteiger partial charge in [0.15, 0.2) is 0 Å². The minimum absolute atomic E-state index is 0.629. The van der Waals surface area contributed by atoms with Crippen LogP contribution >= 0.6 is 0 Å². The monoisotopic (exact) mass is 307 g/mol. The first-order chi connectivity index (χ1) is 10.7. The zero-order valence-corrected chi connectivity index (χ0v) is 14.2. The largest absolute Gasteiger partial charge is 0.381 e. The second kappa shape index (κ2) is 7.06. The van der Waals surface area contributed by atoms with Crippen LogP contribution in [0.1, 0.15) is 31.4 Å². The molecule has 2 aliphatic rings. The van der Waals surface area contributed by atoms with Gasteiger partial charge in [-0.05, 0) is 46.2 Å². The third-order valence-corrected chi connectivity index (χ3v) is 5.13. The van der Waals surface area contributed by atoms with Crippen LogP contribution in [0.25, 0.3) is 0 Å². The Morgan fingerprint density at radius 1 is 1.32 bits per heavy atom. The van der Waals surface area contributed by atoms with E-state index >= 15 is 0 Å². The van der Waals surface area contributed by atoms with Crippen molar-refractivity contribution in [2.75, 3.05) is 39.9 Å². The summed E-state index contributed by atoms with van der Waals surface area (Å²) in [6.07, 6.45) is 2.49. The van der Waals surface area contributed by atoms with Crippen molar-refractivity contribution >= 4 is 0 Å². The molecule has 0 amide bonds. The highest BCUT2D eigenvalue weighted by molar-refractivity contribution is 4.95. The van der Waals surface area contributed by atoms with Crippen molar-refractivity contribution in [1.29, 1.82) is 0 Å². The minimum atomic E-state index is 0.629. The van der Waals surface area contributed by atoms with Crippen LogP contribution in [-0.2, 0) is 17.8 Å². The molecule has 22 heavy (non-hydrogen) atoms. The molecule has 0 spiro atoms. The second-order valence-electron chi connectivity index (χ2n) is 6.75. The van der Waals surface area contributed by atoms with Gasteiger partial charge in [-0.25, -0.2) is 0 Å². The normalized spacial score (nSPS) is 26.4. The molecular formula is C16H29N5O. The number of hydrogen-bond acceptors (Lipinski definition) is 5. The van der Waals surface area contributed by atoms with Gasteiger partial charge in [-0.15, -0.1) is 10.2 Å². The van der Waals surface area contributed by atoms with Gasteiger partial charge in [-0.1, -0.05) is 0 Å². The number of likely N-dealkylation sites (tertiary alicyclic amines) is 1. The summed E-state index contributed by atoms with van der Waals surface area (Å²) in [5.74, 6) is 2.85. The average Bonchev–Trinajstić information content (AvgIpc) is 3.22. The number of nitrogens with zero attached hydrogens (tertiary/aromatic N) is 5. The molecule has 2 atom stereocenters. The molecule has 0 bridgehead atoms. The van der Waals surface area contributed by atoms with Crippen LogP contribution in [0.15, 0.2) is 0 Å². The summed E-state index contributed by atoms with van der Waals surface area (Å²) in [7, 11) is 2.22. The van der Waals surface area contributed by atoms with E-state index in [1.807, 2.05) is 6.92 Å². The first-order valence-corrected chi connectivity index (χ1v) is 8.56. The highest BCUT2D eigenvalue weighted by Gasteiger charge is 2.29. The lowest BCUT2D eigenvalue weighted by Crippen LogP contribution is -2.36. The van der Waals surface area contributed by atoms with Crippen molar-refractivity contribution in [3.63, 3.8) is 0 Å². The number of likely N-dealkylation sites (N-methyl/N-ethyl adjacent to an activating group) is 1. The van der Waals surface area contributed by atoms with Crippen LogP contribution < -0.4 is 0 Å². The number of rotatable bonds is 6. The fourth-order valence-corrected chi connectivity index (χ4v) is 3.74. The maximum atomic E-state index is 5.49. The first kappa shape index (κ1) is 15.9. The molecule has 124 valence electrons. The van der Waals surface area contributed by atoms with Crippen molar-refractivity contribution in [3.05, 3.63) is 11.6 Å². The highest BCUT2D eigenvalue weighted by Crippen LogP contribution is 2.20. The third-order valence-electron chi connectivity index (χ3n) is 5.13. The van der Waals surface area contributed by atoms with E-state index in [-0.39, 0.29) is 0 Å². The van der Waals surface area contributed by atoms with E-state index in [1.165, 1.54) is 32.5 Å². The molecule has 0 saturated carbocycles. The molecular weight excluding hydrogens is 278 g/mol. The van der Waals surface area contributed by atoms with Crippen LogP contribution in [0, 0.1) is 12.8 Å². The number of aromatic nitrogens is 3. The lowest BCUT2D eigenvalue weighted by atomic mass is 10.1. The van der Waals surface area contributed by atoms with E-state index in [2.05, 4.69) is 38.5 Å². The molecule has 0 aromatic carbocycles. The van der Waals surface area contributed by atoms with Crippen LogP contribution in [0.3, 0.4) is 0 Å². The predicted octanol–water partition coefficient (Wildman–Crippen LogP) is 1.15. The summed E-state index contributed by atoms with van der Waals surface area (Å²) in [6.45, 7) is 11.5. The molecule has 0 N–H and O–H groups in total.